The number of rotatable bonds is 15. The van der Waals surface area contributed by atoms with E-state index in [0.717, 1.165) is 179 Å². The Labute approximate surface area is 787 Å². The molecule has 636 valence electrons. The zero-order valence-electron chi connectivity index (χ0n) is 73.9. The normalized spacial score (nSPS) is 11.2. The number of nitrogens with zero attached hydrogens (tertiary/aromatic N) is 9. The van der Waals surface area contributed by atoms with E-state index in [0.29, 0.717) is 0 Å². The van der Waals surface area contributed by atoms with Crippen molar-refractivity contribution in [2.75, 3.05) is 0 Å². The van der Waals surface area contributed by atoms with Gasteiger partial charge in [0.1, 0.15) is 0 Å². The van der Waals surface area contributed by atoms with E-state index < -0.39 is 0 Å². The van der Waals surface area contributed by atoms with Crippen molar-refractivity contribution in [1.29, 1.82) is 0 Å². The van der Waals surface area contributed by atoms with Crippen molar-refractivity contribution in [3.63, 3.8) is 0 Å². The lowest BCUT2D eigenvalue weighted by atomic mass is 9.88. The maximum Gasteiger partial charge on any atom is 0.0973 e. The molecule has 0 fully saturated rings. The zero-order valence-corrected chi connectivity index (χ0v) is 73.9. The van der Waals surface area contributed by atoms with Crippen molar-refractivity contribution in [2.24, 2.45) is 0 Å². The molecule has 0 spiro atoms. The maximum absolute atomic E-state index is 5.42. The second-order valence-corrected chi connectivity index (χ2v) is 33.8. The van der Waals surface area contributed by atoms with Gasteiger partial charge in [-0.25, -0.2) is 29.9 Å². The molecule has 25 rings (SSSR count). The van der Waals surface area contributed by atoms with Gasteiger partial charge in [0.15, 0.2) is 0 Å². The fraction of sp³-hybridized carbons (Fsp3) is 0. The van der Waals surface area contributed by atoms with Gasteiger partial charge in [0.25, 0.3) is 0 Å². The fourth-order valence-corrected chi connectivity index (χ4v) is 18.8. The van der Waals surface area contributed by atoms with E-state index in [-0.39, 0.29) is 0 Å². The number of pyridine rings is 3. The highest BCUT2D eigenvalue weighted by Crippen LogP contribution is 2.47. The summed E-state index contributed by atoms with van der Waals surface area (Å²) in [7, 11) is 0. The van der Waals surface area contributed by atoms with Gasteiger partial charge in [-0.15, -0.1) is 0 Å². The quantitative estimate of drug-likeness (QED) is 0.0989. The molecule has 0 aliphatic rings. The van der Waals surface area contributed by atoms with Gasteiger partial charge < -0.3 is 0 Å². The minimum atomic E-state index is 0.850. The summed E-state index contributed by atoms with van der Waals surface area (Å²) in [5.74, 6) is 0. The predicted octanol–water partition coefficient (Wildman–Crippen LogP) is 32.7. The second-order valence-electron chi connectivity index (χ2n) is 33.8. The molecule has 0 saturated heterocycles. The molecule has 6 aromatic heterocycles. The average molecular weight is 1740 g/mol. The lowest BCUT2D eigenvalue weighted by Crippen LogP contribution is -1.98. The van der Waals surface area contributed by atoms with Crippen LogP contribution in [0.5, 0.6) is 0 Å². The van der Waals surface area contributed by atoms with E-state index >= 15 is 0 Å². The molecular formula is C127H83N9. The summed E-state index contributed by atoms with van der Waals surface area (Å²) in [4.78, 5) is 45.1. The molecule has 0 aliphatic heterocycles. The first-order valence-electron chi connectivity index (χ1n) is 45.7. The summed E-state index contributed by atoms with van der Waals surface area (Å²) >= 11 is 0. The average Bonchev–Trinajstić information content (AvgIpc) is 0.755. The largest absolute Gasteiger partial charge is 0.265 e. The van der Waals surface area contributed by atoms with Gasteiger partial charge in [0.05, 0.1) is 73.0 Å². The minimum Gasteiger partial charge on any atom is -0.265 e. The Hall–Kier alpha value is -18.3. The van der Waals surface area contributed by atoms with Gasteiger partial charge in [-0.3, -0.25) is 15.0 Å². The van der Waals surface area contributed by atoms with E-state index in [2.05, 4.69) is 409 Å². The summed E-state index contributed by atoms with van der Waals surface area (Å²) in [5, 5.41) is 9.67. The Morgan fingerprint density at radius 2 is 0.382 bits per heavy atom. The second kappa shape index (κ2) is 36.9. The molecular weight excluding hydrogens is 1650 g/mol. The Kier molecular flexibility index (Phi) is 22.3. The van der Waals surface area contributed by atoms with Crippen molar-refractivity contribution in [1.82, 2.24) is 44.9 Å². The summed E-state index contributed by atoms with van der Waals surface area (Å²) in [5.41, 5.74) is 36.8. The standard InChI is InChI=1S/2C45H29N3.C37H25N3/c1-2-12-34(13-3-1)44-45(35-22-20-30(21-23-35)31-24-26-46-27-25-31)48-43-29-41(39-19-9-15-33-11-5-7-17-37(33)39)40(28-42(43)47-44)38-18-8-14-32-10-4-6-16-36(32)38;1-2-14-33(15-3-1)44-45(34-25-23-32(24-26-34)41-22-8-9-27-46-41)48-43-29-40(38-21-11-17-31-13-5-7-19-36(31)38)39(28-42(43)47-44)37-20-10-16-30-12-4-6-18-35(30)37;1-4-11-27(12-5-1)32-23-34-35(24-33(32)28-13-6-2-7-14-28)40-37(36(39-34)29-15-8-3-9-16-29)30-20-18-26(19-21-30)31-17-10-22-38-25-31/h2*1-29H;1-25H. The molecule has 0 unspecified atom stereocenters. The fourth-order valence-electron chi connectivity index (χ4n) is 18.8. The molecule has 6 heterocycles. The minimum absolute atomic E-state index is 0.850. The van der Waals surface area contributed by atoms with E-state index in [1.165, 1.54) is 65.3 Å². The summed E-state index contributed by atoms with van der Waals surface area (Å²) in [6.45, 7) is 0. The SMILES string of the molecule is c1ccc(-c2cc3nc(-c4ccccc4)c(-c4ccc(-c5cccnc5)cc4)nc3cc2-c2ccccc2)cc1.c1ccc(-c2nc3cc(-c4cccc5ccccc45)c(-c4cccc5ccccc45)cc3nc2-c2ccc(-c3ccccn3)cc2)cc1.c1ccc(-c2nc3cc(-c4cccc5ccccc45)c(-c4cccc5ccccc45)cc3nc2-c2ccc(-c3ccncc3)cc2)cc1. The monoisotopic (exact) mass is 1730 g/mol. The molecule has 0 saturated carbocycles. The van der Waals surface area contributed by atoms with Gasteiger partial charge in [0.2, 0.25) is 0 Å². The Balaban J connectivity index is 0.000000115. The van der Waals surface area contributed by atoms with Crippen LogP contribution in [0.3, 0.4) is 0 Å². The highest BCUT2D eigenvalue weighted by atomic mass is 14.9. The van der Waals surface area contributed by atoms with Crippen molar-refractivity contribution in [3.8, 4) is 168 Å². The summed E-state index contributed by atoms with van der Waals surface area (Å²) in [6.07, 6.45) is 9.15. The first kappa shape index (κ1) is 82.1. The Bertz CT molecular complexity index is 8310. The topological polar surface area (TPSA) is 116 Å². The number of aromatic nitrogens is 9. The van der Waals surface area contributed by atoms with Crippen LogP contribution >= 0.6 is 0 Å². The lowest BCUT2D eigenvalue weighted by Gasteiger charge is -2.17. The maximum atomic E-state index is 5.42. The molecule has 25 aromatic rings. The Morgan fingerprint density at radius 1 is 0.132 bits per heavy atom. The van der Waals surface area contributed by atoms with Crippen molar-refractivity contribution < 1.29 is 0 Å². The molecule has 9 nitrogen and oxygen atoms in total. The van der Waals surface area contributed by atoms with Crippen molar-refractivity contribution in [2.45, 2.75) is 0 Å². The van der Waals surface area contributed by atoms with Crippen LogP contribution in [0.2, 0.25) is 0 Å². The molecule has 19 aromatic carbocycles. The number of hydrogen-bond donors (Lipinski definition) is 0. The zero-order chi connectivity index (χ0) is 90.5. The van der Waals surface area contributed by atoms with Crippen LogP contribution in [-0.2, 0) is 0 Å². The third-order valence-corrected chi connectivity index (χ3v) is 25.5. The Morgan fingerprint density at radius 3 is 0.691 bits per heavy atom. The molecule has 0 radical (unpaired) electrons. The molecule has 0 amide bonds. The van der Waals surface area contributed by atoms with Crippen LogP contribution in [0.25, 0.3) is 244 Å². The third kappa shape index (κ3) is 16.5. The van der Waals surface area contributed by atoms with Crippen LogP contribution < -0.4 is 0 Å². The molecule has 0 atom stereocenters. The van der Waals surface area contributed by atoms with E-state index in [4.69, 9.17) is 29.9 Å². The van der Waals surface area contributed by atoms with Crippen LogP contribution in [0.4, 0.5) is 0 Å². The molecule has 0 aliphatic carbocycles. The summed E-state index contributed by atoms with van der Waals surface area (Å²) in [6, 6.07) is 166. The van der Waals surface area contributed by atoms with Gasteiger partial charge in [-0.1, -0.05) is 406 Å². The van der Waals surface area contributed by atoms with Crippen LogP contribution in [0.15, 0.2) is 504 Å². The van der Waals surface area contributed by atoms with Crippen molar-refractivity contribution >= 4 is 76.2 Å². The van der Waals surface area contributed by atoms with Gasteiger partial charge in [-0.05, 0) is 199 Å². The molecule has 136 heavy (non-hydrogen) atoms. The third-order valence-electron chi connectivity index (χ3n) is 25.5. The number of benzene rings is 19. The van der Waals surface area contributed by atoms with Crippen molar-refractivity contribution in [3.05, 3.63) is 504 Å². The van der Waals surface area contributed by atoms with E-state index in [1.54, 1.807) is 6.20 Å². The summed E-state index contributed by atoms with van der Waals surface area (Å²) < 4.78 is 0. The van der Waals surface area contributed by atoms with Gasteiger partial charge in [0, 0.05) is 69.9 Å². The first-order chi connectivity index (χ1) is 67.4. The van der Waals surface area contributed by atoms with Gasteiger partial charge >= 0.3 is 0 Å². The van der Waals surface area contributed by atoms with E-state index in [9.17, 15) is 0 Å². The highest BCUT2D eigenvalue weighted by Gasteiger charge is 2.25. The molecule has 0 bridgehead atoms. The van der Waals surface area contributed by atoms with Crippen LogP contribution in [0.1, 0.15) is 0 Å². The molecule has 0 N–H and O–H groups in total. The lowest BCUT2D eigenvalue weighted by molar-refractivity contribution is 1.29. The van der Waals surface area contributed by atoms with Crippen LogP contribution in [-0.4, -0.2) is 44.9 Å². The highest BCUT2D eigenvalue weighted by molar-refractivity contribution is 6.11. The number of hydrogen-bond acceptors (Lipinski definition) is 9. The molecule has 9 heteroatoms. The van der Waals surface area contributed by atoms with Gasteiger partial charge in [-0.2, -0.15) is 0 Å². The smallest absolute Gasteiger partial charge is 0.0973 e. The predicted molar refractivity (Wildman–Crippen MR) is 564 cm³/mol. The van der Waals surface area contributed by atoms with E-state index in [1.807, 2.05) is 104 Å². The van der Waals surface area contributed by atoms with Crippen LogP contribution in [0, 0.1) is 0 Å². The number of fused-ring (bicyclic) bond motifs is 7. The first-order valence-corrected chi connectivity index (χ1v) is 45.7.